The molecular formula is C13H15FN4O. The number of likely N-dealkylation sites (tertiary alicyclic amines) is 1. The SMILES string of the molecule is NC1CCN(C(=O)c2n[nH]c3ccc(F)cc23)CC1. The summed E-state index contributed by atoms with van der Waals surface area (Å²) in [4.78, 5) is 14.1. The van der Waals surface area contributed by atoms with Gasteiger partial charge in [0.05, 0.1) is 5.52 Å². The highest BCUT2D eigenvalue weighted by Gasteiger charge is 2.24. The van der Waals surface area contributed by atoms with Crippen molar-refractivity contribution in [2.75, 3.05) is 13.1 Å². The van der Waals surface area contributed by atoms with Crippen LogP contribution in [0.4, 0.5) is 4.39 Å². The first-order valence-electron chi connectivity index (χ1n) is 6.33. The van der Waals surface area contributed by atoms with Gasteiger partial charge in [-0.3, -0.25) is 9.89 Å². The summed E-state index contributed by atoms with van der Waals surface area (Å²) in [6, 6.07) is 4.43. The fourth-order valence-corrected chi connectivity index (χ4v) is 2.40. The van der Waals surface area contributed by atoms with Gasteiger partial charge in [-0.05, 0) is 31.0 Å². The van der Waals surface area contributed by atoms with E-state index in [0.717, 1.165) is 12.8 Å². The van der Waals surface area contributed by atoms with E-state index in [4.69, 9.17) is 5.73 Å². The van der Waals surface area contributed by atoms with Crippen LogP contribution >= 0.6 is 0 Å². The van der Waals surface area contributed by atoms with Gasteiger partial charge in [-0.25, -0.2) is 4.39 Å². The number of nitrogens with one attached hydrogen (secondary N) is 1. The van der Waals surface area contributed by atoms with Crippen LogP contribution in [0.25, 0.3) is 10.9 Å². The number of piperidine rings is 1. The Kier molecular flexibility index (Phi) is 2.94. The standard InChI is InChI=1S/C13H15FN4O/c14-8-1-2-11-10(7-8)12(17-16-11)13(19)18-5-3-9(15)4-6-18/h1-2,7,9H,3-6,15H2,(H,16,17). The minimum Gasteiger partial charge on any atom is -0.337 e. The van der Waals surface area contributed by atoms with Crippen LogP contribution in [0.3, 0.4) is 0 Å². The second-order valence-electron chi connectivity index (χ2n) is 4.89. The van der Waals surface area contributed by atoms with Crippen LogP contribution in [0.2, 0.25) is 0 Å². The van der Waals surface area contributed by atoms with Crippen LogP contribution in [-0.2, 0) is 0 Å². The van der Waals surface area contributed by atoms with Crippen molar-refractivity contribution < 1.29 is 9.18 Å². The number of benzene rings is 1. The number of hydrogen-bond acceptors (Lipinski definition) is 3. The second kappa shape index (κ2) is 4.62. The molecule has 0 radical (unpaired) electrons. The van der Waals surface area contributed by atoms with E-state index in [1.807, 2.05) is 0 Å². The Morgan fingerprint density at radius 3 is 2.89 bits per heavy atom. The van der Waals surface area contributed by atoms with Gasteiger partial charge in [0.25, 0.3) is 5.91 Å². The first-order chi connectivity index (χ1) is 9.15. The van der Waals surface area contributed by atoms with Crippen molar-refractivity contribution in [2.45, 2.75) is 18.9 Å². The van der Waals surface area contributed by atoms with Gasteiger partial charge in [-0.15, -0.1) is 0 Å². The fourth-order valence-electron chi connectivity index (χ4n) is 2.40. The number of nitrogens with zero attached hydrogens (tertiary/aromatic N) is 2. The lowest BCUT2D eigenvalue weighted by Crippen LogP contribution is -2.43. The zero-order valence-electron chi connectivity index (χ0n) is 10.4. The predicted octanol–water partition coefficient (Wildman–Crippen LogP) is 1.27. The van der Waals surface area contributed by atoms with Crippen LogP contribution in [-0.4, -0.2) is 40.1 Å². The van der Waals surface area contributed by atoms with Crippen molar-refractivity contribution in [1.29, 1.82) is 0 Å². The van der Waals surface area contributed by atoms with Crippen molar-refractivity contribution in [2.24, 2.45) is 5.73 Å². The summed E-state index contributed by atoms with van der Waals surface area (Å²) in [5.41, 5.74) is 6.76. The van der Waals surface area contributed by atoms with Gasteiger partial charge in [0.2, 0.25) is 0 Å². The first-order valence-corrected chi connectivity index (χ1v) is 6.33. The summed E-state index contributed by atoms with van der Waals surface area (Å²) < 4.78 is 13.3. The maximum atomic E-state index is 13.3. The number of aromatic amines is 1. The molecule has 0 atom stereocenters. The summed E-state index contributed by atoms with van der Waals surface area (Å²) in [5.74, 6) is -0.535. The van der Waals surface area contributed by atoms with E-state index in [9.17, 15) is 9.18 Å². The van der Waals surface area contributed by atoms with Crippen LogP contribution in [0, 0.1) is 5.82 Å². The number of rotatable bonds is 1. The number of amides is 1. The minimum atomic E-state index is -0.372. The molecule has 5 nitrogen and oxygen atoms in total. The highest BCUT2D eigenvalue weighted by atomic mass is 19.1. The molecular weight excluding hydrogens is 247 g/mol. The Balaban J connectivity index is 1.91. The Bertz CT molecular complexity index is 616. The molecule has 0 saturated carbocycles. The number of hydrogen-bond donors (Lipinski definition) is 2. The van der Waals surface area contributed by atoms with E-state index < -0.39 is 0 Å². The molecule has 0 spiro atoms. The minimum absolute atomic E-state index is 0.163. The van der Waals surface area contributed by atoms with Crippen molar-refractivity contribution >= 4 is 16.8 Å². The smallest absolute Gasteiger partial charge is 0.274 e. The zero-order chi connectivity index (χ0) is 13.4. The third kappa shape index (κ3) is 2.19. The van der Waals surface area contributed by atoms with Crippen molar-refractivity contribution in [3.63, 3.8) is 0 Å². The molecule has 6 heteroatoms. The van der Waals surface area contributed by atoms with Crippen molar-refractivity contribution in [1.82, 2.24) is 15.1 Å². The Morgan fingerprint density at radius 2 is 2.16 bits per heavy atom. The molecule has 1 aromatic heterocycles. The van der Waals surface area contributed by atoms with Crippen molar-refractivity contribution in [3.8, 4) is 0 Å². The molecule has 1 aliphatic rings. The summed E-state index contributed by atoms with van der Waals surface area (Å²) in [7, 11) is 0. The maximum Gasteiger partial charge on any atom is 0.274 e. The maximum absolute atomic E-state index is 13.3. The molecule has 19 heavy (non-hydrogen) atoms. The normalized spacial score (nSPS) is 17.1. The highest BCUT2D eigenvalue weighted by molar-refractivity contribution is 6.04. The molecule has 100 valence electrons. The molecule has 3 N–H and O–H groups in total. The molecule has 1 amide bonds. The number of carbonyl (C=O) groups is 1. The number of H-pyrrole nitrogens is 1. The van der Waals surface area contributed by atoms with E-state index >= 15 is 0 Å². The third-order valence-electron chi connectivity index (χ3n) is 3.55. The molecule has 0 bridgehead atoms. The van der Waals surface area contributed by atoms with Gasteiger partial charge >= 0.3 is 0 Å². The molecule has 1 aliphatic heterocycles. The van der Waals surface area contributed by atoms with Gasteiger partial charge in [0.15, 0.2) is 5.69 Å². The van der Waals surface area contributed by atoms with Crippen molar-refractivity contribution in [3.05, 3.63) is 29.7 Å². The number of carbonyl (C=O) groups excluding carboxylic acids is 1. The fraction of sp³-hybridized carbons (Fsp3) is 0.385. The molecule has 2 heterocycles. The van der Waals surface area contributed by atoms with Gasteiger partial charge in [0, 0.05) is 24.5 Å². The predicted molar refractivity (Wildman–Crippen MR) is 69.2 cm³/mol. The zero-order valence-corrected chi connectivity index (χ0v) is 10.4. The Morgan fingerprint density at radius 1 is 1.42 bits per heavy atom. The first kappa shape index (κ1) is 12.1. The number of aromatic nitrogens is 2. The number of nitrogens with two attached hydrogens (primary N) is 1. The highest BCUT2D eigenvalue weighted by Crippen LogP contribution is 2.20. The molecule has 0 unspecified atom stereocenters. The summed E-state index contributed by atoms with van der Waals surface area (Å²) in [5, 5.41) is 7.30. The lowest BCUT2D eigenvalue weighted by Gasteiger charge is -2.29. The van der Waals surface area contributed by atoms with Crippen LogP contribution in [0.5, 0.6) is 0 Å². The topological polar surface area (TPSA) is 75.0 Å². The van der Waals surface area contributed by atoms with E-state index in [0.29, 0.717) is 24.0 Å². The lowest BCUT2D eigenvalue weighted by atomic mass is 10.1. The lowest BCUT2D eigenvalue weighted by molar-refractivity contribution is 0.0710. The number of fused-ring (bicyclic) bond motifs is 1. The summed E-state index contributed by atoms with van der Waals surface area (Å²) >= 11 is 0. The van der Waals surface area contributed by atoms with Crippen LogP contribution < -0.4 is 5.73 Å². The summed E-state index contributed by atoms with van der Waals surface area (Å²) in [6.45, 7) is 1.26. The molecule has 3 rings (SSSR count). The molecule has 0 aliphatic carbocycles. The molecule has 2 aromatic rings. The average Bonchev–Trinajstić information content (AvgIpc) is 2.81. The molecule has 1 fully saturated rings. The average molecular weight is 262 g/mol. The van der Waals surface area contributed by atoms with Crippen LogP contribution in [0.15, 0.2) is 18.2 Å². The van der Waals surface area contributed by atoms with Gasteiger partial charge in [0.1, 0.15) is 5.82 Å². The molecule has 1 aromatic carbocycles. The van der Waals surface area contributed by atoms with E-state index in [-0.39, 0.29) is 23.5 Å². The number of halogens is 1. The van der Waals surface area contributed by atoms with Gasteiger partial charge in [-0.2, -0.15) is 5.10 Å². The second-order valence-corrected chi connectivity index (χ2v) is 4.89. The Hall–Kier alpha value is -1.95. The monoisotopic (exact) mass is 262 g/mol. The van der Waals surface area contributed by atoms with E-state index in [1.165, 1.54) is 12.1 Å². The van der Waals surface area contributed by atoms with Gasteiger partial charge < -0.3 is 10.6 Å². The third-order valence-corrected chi connectivity index (χ3v) is 3.55. The molecule has 1 saturated heterocycles. The van der Waals surface area contributed by atoms with E-state index in [2.05, 4.69) is 10.2 Å². The van der Waals surface area contributed by atoms with E-state index in [1.54, 1.807) is 11.0 Å². The Labute approximate surface area is 109 Å². The van der Waals surface area contributed by atoms with Crippen LogP contribution in [0.1, 0.15) is 23.3 Å². The largest absolute Gasteiger partial charge is 0.337 e. The summed E-state index contributed by atoms with van der Waals surface area (Å²) in [6.07, 6.45) is 1.59. The van der Waals surface area contributed by atoms with Gasteiger partial charge in [-0.1, -0.05) is 0 Å². The quantitative estimate of drug-likeness (QED) is 0.812.